The van der Waals surface area contributed by atoms with E-state index in [9.17, 15) is 4.39 Å². The van der Waals surface area contributed by atoms with Crippen LogP contribution in [0.2, 0.25) is 0 Å². The van der Waals surface area contributed by atoms with Crippen molar-refractivity contribution in [2.24, 2.45) is 0 Å². The molecule has 1 N–H and O–H groups in total. The average molecular weight is 343 g/mol. The fourth-order valence-electron chi connectivity index (χ4n) is 3.15. The van der Waals surface area contributed by atoms with Crippen molar-refractivity contribution in [3.63, 3.8) is 0 Å². The lowest BCUT2D eigenvalue weighted by Gasteiger charge is -2.38. The van der Waals surface area contributed by atoms with Crippen molar-refractivity contribution in [1.82, 2.24) is 10.2 Å². The zero-order chi connectivity index (χ0) is 14.7. The quantitative estimate of drug-likeness (QED) is 0.885. The number of rotatable bonds is 4. The van der Waals surface area contributed by atoms with Crippen LogP contribution in [0.25, 0.3) is 0 Å². The highest BCUT2D eigenvalue weighted by Crippen LogP contribution is 2.30. The molecule has 1 aliphatic rings. The van der Waals surface area contributed by atoms with Crippen LogP contribution in [0.4, 0.5) is 4.39 Å². The molecule has 0 saturated heterocycles. The molecule has 0 bridgehead atoms. The van der Waals surface area contributed by atoms with Gasteiger partial charge in [0.1, 0.15) is 5.82 Å². The van der Waals surface area contributed by atoms with Crippen LogP contribution in [0, 0.1) is 5.82 Å². The van der Waals surface area contributed by atoms with Crippen LogP contribution in [-0.2, 0) is 0 Å². The number of halogens is 2. The van der Waals surface area contributed by atoms with Gasteiger partial charge in [0.05, 0.1) is 0 Å². The molecule has 1 fully saturated rings. The first-order valence-electron chi connectivity index (χ1n) is 7.37. The summed E-state index contributed by atoms with van der Waals surface area (Å²) in [5.41, 5.74) is 0.784. The molecule has 1 saturated carbocycles. The number of nitrogens with zero attached hydrogens (tertiary/aromatic N) is 1. The normalized spacial score (nSPS) is 24.9. The molecular formula is C16H24BrFN2. The van der Waals surface area contributed by atoms with Gasteiger partial charge in [-0.1, -0.05) is 22.0 Å². The maximum absolute atomic E-state index is 14.1. The fourth-order valence-corrected chi connectivity index (χ4v) is 3.48. The third-order valence-corrected chi connectivity index (χ3v) is 5.20. The third kappa shape index (κ3) is 3.60. The maximum Gasteiger partial charge on any atom is 0.129 e. The summed E-state index contributed by atoms with van der Waals surface area (Å²) in [4.78, 5) is 2.33. The molecule has 0 spiro atoms. The van der Waals surface area contributed by atoms with Crippen LogP contribution in [0.3, 0.4) is 0 Å². The molecule has 4 heteroatoms. The predicted molar refractivity (Wildman–Crippen MR) is 85.4 cm³/mol. The summed E-state index contributed by atoms with van der Waals surface area (Å²) in [6.07, 6.45) is 4.79. The van der Waals surface area contributed by atoms with E-state index in [1.54, 1.807) is 6.07 Å². The molecule has 1 aromatic rings. The van der Waals surface area contributed by atoms with E-state index < -0.39 is 0 Å². The second kappa shape index (κ2) is 7.01. The van der Waals surface area contributed by atoms with E-state index >= 15 is 0 Å². The molecule has 1 atom stereocenters. The third-order valence-electron chi connectivity index (χ3n) is 4.70. The summed E-state index contributed by atoms with van der Waals surface area (Å²) in [5, 5.41) is 3.36. The number of hydrogen-bond donors (Lipinski definition) is 1. The first-order chi connectivity index (χ1) is 9.52. The molecule has 0 aliphatic heterocycles. The van der Waals surface area contributed by atoms with Gasteiger partial charge in [0, 0.05) is 28.2 Å². The smallest absolute Gasteiger partial charge is 0.129 e. The lowest BCUT2D eigenvalue weighted by molar-refractivity contribution is 0.134. The molecule has 1 aromatic carbocycles. The molecule has 1 unspecified atom stereocenters. The van der Waals surface area contributed by atoms with Gasteiger partial charge < -0.3 is 5.32 Å². The van der Waals surface area contributed by atoms with Crippen molar-refractivity contribution in [3.05, 3.63) is 34.1 Å². The zero-order valence-electron chi connectivity index (χ0n) is 12.5. The van der Waals surface area contributed by atoms with Crippen LogP contribution in [0.15, 0.2) is 22.7 Å². The van der Waals surface area contributed by atoms with Crippen molar-refractivity contribution in [3.8, 4) is 0 Å². The Kier molecular flexibility index (Phi) is 5.58. The lowest BCUT2D eigenvalue weighted by Crippen LogP contribution is -2.41. The topological polar surface area (TPSA) is 15.3 Å². The van der Waals surface area contributed by atoms with Gasteiger partial charge in [0.2, 0.25) is 0 Å². The largest absolute Gasteiger partial charge is 0.317 e. The maximum atomic E-state index is 14.1. The Bertz CT molecular complexity index is 444. The van der Waals surface area contributed by atoms with Crippen molar-refractivity contribution < 1.29 is 4.39 Å². The number of benzene rings is 1. The Labute approximate surface area is 129 Å². The average Bonchev–Trinajstić information content (AvgIpc) is 2.46. The van der Waals surface area contributed by atoms with Crippen molar-refractivity contribution >= 4 is 15.9 Å². The van der Waals surface area contributed by atoms with Gasteiger partial charge in [-0.25, -0.2) is 4.39 Å². The first kappa shape index (κ1) is 15.9. The monoisotopic (exact) mass is 342 g/mol. The van der Waals surface area contributed by atoms with Crippen LogP contribution >= 0.6 is 15.9 Å². The highest BCUT2D eigenvalue weighted by Gasteiger charge is 2.27. The molecule has 0 amide bonds. The minimum Gasteiger partial charge on any atom is -0.317 e. The predicted octanol–water partition coefficient (Wildman–Crippen LogP) is 4.11. The summed E-state index contributed by atoms with van der Waals surface area (Å²) in [6.45, 7) is 2.09. The molecule has 2 rings (SSSR count). The first-order valence-corrected chi connectivity index (χ1v) is 8.16. The van der Waals surface area contributed by atoms with Gasteiger partial charge in [0.25, 0.3) is 0 Å². The Hall–Kier alpha value is -0.450. The molecule has 2 nitrogen and oxygen atoms in total. The van der Waals surface area contributed by atoms with Gasteiger partial charge in [-0.05, 0) is 58.8 Å². The van der Waals surface area contributed by atoms with E-state index in [1.807, 2.05) is 19.2 Å². The van der Waals surface area contributed by atoms with E-state index in [0.717, 1.165) is 10.0 Å². The summed E-state index contributed by atoms with van der Waals surface area (Å²) >= 11 is 3.31. The number of hydrogen-bond acceptors (Lipinski definition) is 2. The van der Waals surface area contributed by atoms with E-state index in [4.69, 9.17) is 0 Å². The highest BCUT2D eigenvalue weighted by atomic mass is 79.9. The van der Waals surface area contributed by atoms with Crippen molar-refractivity contribution in [2.45, 2.75) is 50.7 Å². The van der Waals surface area contributed by atoms with Gasteiger partial charge in [0.15, 0.2) is 0 Å². The molecule has 0 aromatic heterocycles. The number of nitrogens with one attached hydrogen (secondary N) is 1. The molecule has 0 radical (unpaired) electrons. The Morgan fingerprint density at radius 2 is 1.95 bits per heavy atom. The van der Waals surface area contributed by atoms with E-state index in [0.29, 0.717) is 12.1 Å². The van der Waals surface area contributed by atoms with Crippen LogP contribution in [0.5, 0.6) is 0 Å². The van der Waals surface area contributed by atoms with E-state index in [-0.39, 0.29) is 11.9 Å². The Morgan fingerprint density at radius 1 is 1.30 bits per heavy atom. The van der Waals surface area contributed by atoms with Crippen LogP contribution < -0.4 is 5.32 Å². The molecule has 0 heterocycles. The van der Waals surface area contributed by atoms with Gasteiger partial charge >= 0.3 is 0 Å². The Morgan fingerprint density at radius 3 is 2.50 bits per heavy atom. The van der Waals surface area contributed by atoms with Gasteiger partial charge in [-0.3, -0.25) is 4.90 Å². The van der Waals surface area contributed by atoms with Gasteiger partial charge in [-0.15, -0.1) is 0 Å². The Balaban J connectivity index is 2.03. The van der Waals surface area contributed by atoms with Gasteiger partial charge in [-0.2, -0.15) is 0 Å². The second-order valence-corrected chi connectivity index (χ2v) is 6.72. The second-order valence-electron chi connectivity index (χ2n) is 5.80. The standard InChI is InChI=1S/C16H24BrFN2/c1-11(15-9-4-12(17)10-16(15)18)20(3)14-7-5-13(19-2)6-8-14/h4,9-11,13-14,19H,5-8H2,1-3H3. The summed E-state index contributed by atoms with van der Waals surface area (Å²) in [6, 6.07) is 6.68. The van der Waals surface area contributed by atoms with E-state index in [1.165, 1.54) is 25.7 Å². The minimum atomic E-state index is -0.123. The summed E-state index contributed by atoms with van der Waals surface area (Å²) in [5.74, 6) is -0.123. The summed E-state index contributed by atoms with van der Waals surface area (Å²) < 4.78 is 14.9. The zero-order valence-corrected chi connectivity index (χ0v) is 14.1. The minimum absolute atomic E-state index is 0.110. The SMILES string of the molecule is CNC1CCC(N(C)C(C)c2ccc(Br)cc2F)CC1. The fraction of sp³-hybridized carbons (Fsp3) is 0.625. The summed E-state index contributed by atoms with van der Waals surface area (Å²) in [7, 11) is 4.16. The molecule has 112 valence electrons. The molecule has 20 heavy (non-hydrogen) atoms. The van der Waals surface area contributed by atoms with Crippen LogP contribution in [-0.4, -0.2) is 31.1 Å². The van der Waals surface area contributed by atoms with Crippen molar-refractivity contribution in [1.29, 1.82) is 0 Å². The highest BCUT2D eigenvalue weighted by molar-refractivity contribution is 9.10. The van der Waals surface area contributed by atoms with Crippen molar-refractivity contribution in [2.75, 3.05) is 14.1 Å². The lowest BCUT2D eigenvalue weighted by atomic mass is 9.89. The molecular weight excluding hydrogens is 319 g/mol. The van der Waals surface area contributed by atoms with E-state index in [2.05, 4.69) is 40.1 Å². The van der Waals surface area contributed by atoms with Crippen LogP contribution in [0.1, 0.15) is 44.2 Å². The molecule has 1 aliphatic carbocycles.